The van der Waals surface area contributed by atoms with Crippen molar-refractivity contribution in [1.29, 1.82) is 0 Å². The molecule has 68 valence electrons. The molecule has 0 spiro atoms. The molecular formula is C10H18N2. The lowest BCUT2D eigenvalue weighted by Crippen LogP contribution is -2.42. The summed E-state index contributed by atoms with van der Waals surface area (Å²) in [5, 5.41) is 3.30. The van der Waals surface area contributed by atoms with Gasteiger partial charge in [0.15, 0.2) is 0 Å². The van der Waals surface area contributed by atoms with Gasteiger partial charge in [-0.3, -0.25) is 0 Å². The van der Waals surface area contributed by atoms with Crippen molar-refractivity contribution in [1.82, 2.24) is 5.32 Å². The van der Waals surface area contributed by atoms with Crippen LogP contribution in [0, 0.1) is 5.41 Å². The first kappa shape index (κ1) is 9.30. The lowest BCUT2D eigenvalue weighted by atomic mass is 9.81. The Balaban J connectivity index is 2.79. The van der Waals surface area contributed by atoms with Gasteiger partial charge in [-0.1, -0.05) is 27.7 Å². The van der Waals surface area contributed by atoms with Crippen LogP contribution in [0.15, 0.2) is 16.8 Å². The average Bonchev–Trinajstić information content (AvgIpc) is 2.03. The van der Waals surface area contributed by atoms with Crippen LogP contribution in [0.5, 0.6) is 0 Å². The number of hydrogen-bond acceptors (Lipinski definition) is 2. The fourth-order valence-corrected chi connectivity index (χ4v) is 1.53. The number of rotatable bonds is 1. The SMILES string of the molecule is CCC1=CN=CNC1C(C)(C)C. The molecule has 1 heterocycles. The van der Waals surface area contributed by atoms with E-state index < -0.39 is 0 Å². The van der Waals surface area contributed by atoms with Gasteiger partial charge in [0.2, 0.25) is 0 Å². The van der Waals surface area contributed by atoms with Crippen molar-refractivity contribution >= 4 is 6.34 Å². The van der Waals surface area contributed by atoms with E-state index in [1.807, 2.05) is 6.20 Å². The fourth-order valence-electron chi connectivity index (χ4n) is 1.53. The lowest BCUT2D eigenvalue weighted by Gasteiger charge is -2.33. The lowest BCUT2D eigenvalue weighted by molar-refractivity contribution is 0.326. The average molecular weight is 166 g/mol. The van der Waals surface area contributed by atoms with Gasteiger partial charge in [-0.15, -0.1) is 0 Å². The minimum Gasteiger partial charge on any atom is -0.369 e. The van der Waals surface area contributed by atoms with Crippen molar-refractivity contribution in [2.24, 2.45) is 10.4 Å². The van der Waals surface area contributed by atoms with E-state index in [4.69, 9.17) is 0 Å². The summed E-state index contributed by atoms with van der Waals surface area (Å²) in [6.07, 6.45) is 4.84. The van der Waals surface area contributed by atoms with Crippen molar-refractivity contribution in [2.45, 2.75) is 40.2 Å². The molecule has 0 aromatic rings. The highest BCUT2D eigenvalue weighted by molar-refractivity contribution is 5.59. The van der Waals surface area contributed by atoms with E-state index in [0.29, 0.717) is 6.04 Å². The summed E-state index contributed by atoms with van der Waals surface area (Å²) >= 11 is 0. The Morgan fingerprint density at radius 2 is 2.17 bits per heavy atom. The minimum atomic E-state index is 0.272. The third kappa shape index (κ3) is 1.87. The molecule has 0 amide bonds. The van der Waals surface area contributed by atoms with E-state index in [0.717, 1.165) is 6.42 Å². The maximum Gasteiger partial charge on any atom is 0.0883 e. The van der Waals surface area contributed by atoms with Gasteiger partial charge in [0.25, 0.3) is 0 Å². The van der Waals surface area contributed by atoms with E-state index in [-0.39, 0.29) is 5.41 Å². The molecule has 1 aliphatic rings. The fraction of sp³-hybridized carbons (Fsp3) is 0.700. The first-order chi connectivity index (χ1) is 5.55. The second-order valence-corrected chi connectivity index (χ2v) is 4.30. The van der Waals surface area contributed by atoms with Crippen LogP contribution in [0.3, 0.4) is 0 Å². The van der Waals surface area contributed by atoms with Crippen LogP contribution < -0.4 is 5.32 Å². The third-order valence-corrected chi connectivity index (χ3v) is 2.20. The first-order valence-electron chi connectivity index (χ1n) is 4.52. The van der Waals surface area contributed by atoms with Crippen molar-refractivity contribution < 1.29 is 0 Å². The zero-order valence-electron chi connectivity index (χ0n) is 8.39. The molecule has 0 saturated heterocycles. The van der Waals surface area contributed by atoms with Crippen molar-refractivity contribution in [3.8, 4) is 0 Å². The molecular weight excluding hydrogens is 148 g/mol. The molecule has 1 N–H and O–H groups in total. The highest BCUT2D eigenvalue weighted by Crippen LogP contribution is 2.27. The quantitative estimate of drug-likeness (QED) is 0.635. The largest absolute Gasteiger partial charge is 0.369 e. The van der Waals surface area contributed by atoms with Crippen molar-refractivity contribution in [3.05, 3.63) is 11.8 Å². The van der Waals surface area contributed by atoms with Crippen LogP contribution in [0.1, 0.15) is 34.1 Å². The summed E-state index contributed by atoms with van der Waals surface area (Å²) in [5.74, 6) is 0. The van der Waals surface area contributed by atoms with Gasteiger partial charge in [0.05, 0.1) is 12.4 Å². The summed E-state index contributed by atoms with van der Waals surface area (Å²) in [7, 11) is 0. The topological polar surface area (TPSA) is 24.4 Å². The third-order valence-electron chi connectivity index (χ3n) is 2.20. The summed E-state index contributed by atoms with van der Waals surface area (Å²) < 4.78 is 0. The highest BCUT2D eigenvalue weighted by atomic mass is 15.0. The maximum absolute atomic E-state index is 4.09. The number of hydrogen-bond donors (Lipinski definition) is 1. The maximum atomic E-state index is 4.09. The zero-order chi connectivity index (χ0) is 9.19. The molecule has 1 rings (SSSR count). The molecule has 0 fully saturated rings. The van der Waals surface area contributed by atoms with E-state index >= 15 is 0 Å². The van der Waals surface area contributed by atoms with E-state index in [1.54, 1.807) is 6.34 Å². The van der Waals surface area contributed by atoms with Crippen LogP contribution in [-0.2, 0) is 0 Å². The molecule has 0 radical (unpaired) electrons. The van der Waals surface area contributed by atoms with Crippen LogP contribution >= 0.6 is 0 Å². The Morgan fingerprint density at radius 3 is 2.58 bits per heavy atom. The monoisotopic (exact) mass is 166 g/mol. The Labute approximate surface area is 74.8 Å². The van der Waals surface area contributed by atoms with E-state index in [9.17, 15) is 0 Å². The highest BCUT2D eigenvalue weighted by Gasteiger charge is 2.27. The van der Waals surface area contributed by atoms with Gasteiger partial charge in [-0.25, -0.2) is 4.99 Å². The smallest absolute Gasteiger partial charge is 0.0883 e. The predicted molar refractivity (Wildman–Crippen MR) is 53.2 cm³/mol. The summed E-state index contributed by atoms with van der Waals surface area (Å²) in [4.78, 5) is 4.09. The summed E-state index contributed by atoms with van der Waals surface area (Å²) in [6, 6.07) is 0.444. The molecule has 1 unspecified atom stereocenters. The van der Waals surface area contributed by atoms with Gasteiger partial charge in [0, 0.05) is 6.20 Å². The molecule has 1 atom stereocenters. The molecule has 0 aromatic heterocycles. The van der Waals surface area contributed by atoms with Gasteiger partial charge < -0.3 is 5.32 Å². The zero-order valence-corrected chi connectivity index (χ0v) is 8.39. The predicted octanol–water partition coefficient (Wildman–Crippen LogP) is 2.33. The Kier molecular flexibility index (Phi) is 2.55. The molecule has 12 heavy (non-hydrogen) atoms. The minimum absolute atomic E-state index is 0.272. The van der Waals surface area contributed by atoms with E-state index in [1.165, 1.54) is 5.57 Å². The number of nitrogens with zero attached hydrogens (tertiary/aromatic N) is 1. The molecule has 2 heteroatoms. The van der Waals surface area contributed by atoms with Crippen LogP contribution in [0.4, 0.5) is 0 Å². The van der Waals surface area contributed by atoms with Gasteiger partial charge >= 0.3 is 0 Å². The molecule has 1 aliphatic heterocycles. The normalized spacial score (nSPS) is 23.3. The molecule has 0 aliphatic carbocycles. The number of aliphatic imine (C=N–C) groups is 1. The second-order valence-electron chi connectivity index (χ2n) is 4.30. The molecule has 2 nitrogen and oxygen atoms in total. The van der Waals surface area contributed by atoms with Gasteiger partial charge in [-0.2, -0.15) is 0 Å². The summed E-state index contributed by atoms with van der Waals surface area (Å²) in [6.45, 7) is 8.90. The van der Waals surface area contributed by atoms with Crippen molar-refractivity contribution in [3.63, 3.8) is 0 Å². The van der Waals surface area contributed by atoms with E-state index in [2.05, 4.69) is 38.0 Å². The molecule has 0 aromatic carbocycles. The van der Waals surface area contributed by atoms with Crippen LogP contribution in [-0.4, -0.2) is 12.4 Å². The summed E-state index contributed by atoms with van der Waals surface area (Å²) in [5.41, 5.74) is 1.67. The van der Waals surface area contributed by atoms with Gasteiger partial charge in [-0.05, 0) is 17.4 Å². The molecule has 0 bridgehead atoms. The van der Waals surface area contributed by atoms with Crippen molar-refractivity contribution in [2.75, 3.05) is 0 Å². The first-order valence-corrected chi connectivity index (χ1v) is 4.52. The Bertz CT molecular complexity index is 208. The Morgan fingerprint density at radius 1 is 1.50 bits per heavy atom. The Hall–Kier alpha value is -0.790. The van der Waals surface area contributed by atoms with Crippen LogP contribution in [0.25, 0.3) is 0 Å². The number of nitrogens with one attached hydrogen (secondary N) is 1. The second kappa shape index (κ2) is 3.30. The molecule has 0 saturated carbocycles. The standard InChI is InChI=1S/C10H18N2/c1-5-8-6-11-7-12-9(8)10(2,3)4/h6-7,9H,5H2,1-4H3,(H,11,12). The van der Waals surface area contributed by atoms with Crippen LogP contribution in [0.2, 0.25) is 0 Å². The van der Waals surface area contributed by atoms with Gasteiger partial charge in [0.1, 0.15) is 0 Å².